The van der Waals surface area contributed by atoms with Crippen LogP contribution in [0.3, 0.4) is 0 Å². The SMILES string of the molecule is CCCCc1nc2ccc(Br)cc2c(=O)n1N=Cc1ccc(OCc2ccccc2)cc1. The monoisotopic (exact) mass is 489 g/mol. The van der Waals surface area contributed by atoms with Crippen molar-refractivity contribution in [3.63, 3.8) is 0 Å². The predicted octanol–water partition coefficient (Wildman–Crippen LogP) is 5.96. The van der Waals surface area contributed by atoms with Gasteiger partial charge in [-0.2, -0.15) is 9.78 Å². The highest BCUT2D eigenvalue weighted by Gasteiger charge is 2.10. The molecule has 6 heteroatoms. The van der Waals surface area contributed by atoms with Gasteiger partial charge in [0.25, 0.3) is 5.56 Å². The van der Waals surface area contributed by atoms with Crippen molar-refractivity contribution in [2.45, 2.75) is 32.8 Å². The Hall–Kier alpha value is -3.25. The number of rotatable bonds is 8. The molecule has 0 saturated carbocycles. The molecule has 0 saturated heterocycles. The molecule has 0 bridgehead atoms. The van der Waals surface area contributed by atoms with Crippen LogP contribution in [0.4, 0.5) is 0 Å². The molecule has 0 aliphatic heterocycles. The van der Waals surface area contributed by atoms with E-state index in [9.17, 15) is 4.79 Å². The Kier molecular flexibility index (Phi) is 7.12. The summed E-state index contributed by atoms with van der Waals surface area (Å²) in [5.74, 6) is 1.45. The molecule has 5 nitrogen and oxygen atoms in total. The van der Waals surface area contributed by atoms with E-state index in [1.807, 2.05) is 66.7 Å². The number of aryl methyl sites for hydroxylation is 1. The Labute approximate surface area is 195 Å². The Balaban J connectivity index is 1.57. The molecule has 162 valence electrons. The van der Waals surface area contributed by atoms with Crippen molar-refractivity contribution in [2.75, 3.05) is 0 Å². The number of hydrogen-bond acceptors (Lipinski definition) is 4. The molecule has 32 heavy (non-hydrogen) atoms. The highest BCUT2D eigenvalue weighted by molar-refractivity contribution is 9.10. The van der Waals surface area contributed by atoms with E-state index < -0.39 is 0 Å². The molecule has 0 aliphatic carbocycles. The summed E-state index contributed by atoms with van der Waals surface area (Å²) < 4.78 is 8.10. The standard InChI is InChI=1S/C26H24BrN3O2/c1-2-3-9-25-29-24-15-12-21(27)16-23(24)26(31)30(25)28-17-19-10-13-22(14-11-19)32-18-20-7-5-4-6-8-20/h4-8,10-17H,2-3,9,18H2,1H3. The van der Waals surface area contributed by atoms with Crippen LogP contribution in [0.15, 0.2) is 87.2 Å². The lowest BCUT2D eigenvalue weighted by Gasteiger charge is -2.09. The molecule has 0 unspecified atom stereocenters. The van der Waals surface area contributed by atoms with Crippen LogP contribution in [-0.4, -0.2) is 15.9 Å². The molecule has 1 aromatic heterocycles. The third kappa shape index (κ3) is 5.32. The smallest absolute Gasteiger partial charge is 0.282 e. The maximum atomic E-state index is 13.1. The number of unbranched alkanes of at least 4 members (excludes halogenated alkanes) is 1. The molecule has 4 rings (SSSR count). The van der Waals surface area contributed by atoms with Gasteiger partial charge in [-0.1, -0.05) is 59.6 Å². The molecule has 0 N–H and O–H groups in total. The van der Waals surface area contributed by atoms with Gasteiger partial charge in [0.2, 0.25) is 0 Å². The fraction of sp³-hybridized carbons (Fsp3) is 0.192. The van der Waals surface area contributed by atoms with Crippen molar-refractivity contribution >= 4 is 33.0 Å². The quantitative estimate of drug-likeness (QED) is 0.286. The van der Waals surface area contributed by atoms with Crippen LogP contribution in [0.5, 0.6) is 5.75 Å². The zero-order chi connectivity index (χ0) is 22.3. The maximum absolute atomic E-state index is 13.1. The molecular formula is C26H24BrN3O2. The van der Waals surface area contributed by atoms with E-state index in [4.69, 9.17) is 9.72 Å². The number of benzene rings is 3. The molecule has 0 aliphatic rings. The summed E-state index contributed by atoms with van der Waals surface area (Å²) in [4.78, 5) is 17.8. The Bertz CT molecular complexity index is 1280. The summed E-state index contributed by atoms with van der Waals surface area (Å²) in [6, 6.07) is 23.2. The van der Waals surface area contributed by atoms with Crippen LogP contribution in [0.25, 0.3) is 10.9 Å². The lowest BCUT2D eigenvalue weighted by molar-refractivity contribution is 0.306. The Morgan fingerprint density at radius 2 is 1.84 bits per heavy atom. The van der Waals surface area contributed by atoms with Gasteiger partial charge in [-0.05, 0) is 60.0 Å². The van der Waals surface area contributed by atoms with Crippen molar-refractivity contribution in [3.8, 4) is 5.75 Å². The summed E-state index contributed by atoms with van der Waals surface area (Å²) >= 11 is 3.44. The fourth-order valence-corrected chi connectivity index (χ4v) is 3.69. The van der Waals surface area contributed by atoms with Crippen LogP contribution in [0, 0.1) is 0 Å². The number of hydrogen-bond donors (Lipinski definition) is 0. The second kappa shape index (κ2) is 10.4. The van der Waals surface area contributed by atoms with E-state index in [1.165, 1.54) is 4.68 Å². The van der Waals surface area contributed by atoms with Crippen LogP contribution in [0.2, 0.25) is 0 Å². The van der Waals surface area contributed by atoms with Crippen LogP contribution < -0.4 is 10.3 Å². The minimum absolute atomic E-state index is 0.165. The summed E-state index contributed by atoms with van der Waals surface area (Å²) in [6.45, 7) is 2.63. The maximum Gasteiger partial charge on any atom is 0.282 e. The molecular weight excluding hydrogens is 466 g/mol. The van der Waals surface area contributed by atoms with Crippen LogP contribution in [-0.2, 0) is 13.0 Å². The third-order valence-electron chi connectivity index (χ3n) is 5.08. The normalized spacial score (nSPS) is 11.3. The Morgan fingerprint density at radius 1 is 1.06 bits per heavy atom. The summed E-state index contributed by atoms with van der Waals surface area (Å²) in [6.07, 6.45) is 4.34. The van der Waals surface area contributed by atoms with Gasteiger partial charge in [0.05, 0.1) is 17.1 Å². The van der Waals surface area contributed by atoms with E-state index in [0.29, 0.717) is 29.8 Å². The average molecular weight is 490 g/mol. The minimum atomic E-state index is -0.165. The van der Waals surface area contributed by atoms with Gasteiger partial charge < -0.3 is 4.74 Å². The summed E-state index contributed by atoms with van der Waals surface area (Å²) in [5.41, 5.74) is 2.52. The molecule has 0 radical (unpaired) electrons. The van der Waals surface area contributed by atoms with Crippen LogP contribution in [0.1, 0.15) is 36.7 Å². The van der Waals surface area contributed by atoms with Crippen molar-refractivity contribution in [1.29, 1.82) is 0 Å². The molecule has 3 aromatic carbocycles. The molecule has 0 atom stereocenters. The first-order valence-corrected chi connectivity index (χ1v) is 11.5. The third-order valence-corrected chi connectivity index (χ3v) is 5.57. The topological polar surface area (TPSA) is 56.5 Å². The van der Waals surface area contributed by atoms with Gasteiger partial charge in [-0.3, -0.25) is 4.79 Å². The molecule has 4 aromatic rings. The lowest BCUT2D eigenvalue weighted by Crippen LogP contribution is -2.22. The second-order valence-corrected chi connectivity index (χ2v) is 8.41. The average Bonchev–Trinajstić information content (AvgIpc) is 2.83. The molecule has 0 spiro atoms. The summed E-state index contributed by atoms with van der Waals surface area (Å²) in [7, 11) is 0. The van der Waals surface area contributed by atoms with Gasteiger partial charge in [-0.15, -0.1) is 0 Å². The zero-order valence-electron chi connectivity index (χ0n) is 17.9. The molecule has 0 amide bonds. The van der Waals surface area contributed by atoms with Crippen LogP contribution >= 0.6 is 15.9 Å². The minimum Gasteiger partial charge on any atom is -0.489 e. The Morgan fingerprint density at radius 3 is 2.59 bits per heavy atom. The van der Waals surface area contributed by atoms with E-state index in [1.54, 1.807) is 12.3 Å². The van der Waals surface area contributed by atoms with E-state index in [0.717, 1.165) is 34.2 Å². The first-order valence-electron chi connectivity index (χ1n) is 10.7. The van der Waals surface area contributed by atoms with Crippen molar-refractivity contribution in [1.82, 2.24) is 9.66 Å². The number of ether oxygens (including phenoxy) is 1. The van der Waals surface area contributed by atoms with Gasteiger partial charge in [0.15, 0.2) is 0 Å². The number of nitrogens with zero attached hydrogens (tertiary/aromatic N) is 3. The number of aromatic nitrogens is 2. The van der Waals surface area contributed by atoms with Crippen molar-refractivity contribution < 1.29 is 4.74 Å². The van der Waals surface area contributed by atoms with Crippen molar-refractivity contribution in [3.05, 3.63) is 105 Å². The largest absolute Gasteiger partial charge is 0.489 e. The molecule has 0 fully saturated rings. The molecule has 1 heterocycles. The summed E-state index contributed by atoms with van der Waals surface area (Å²) in [5, 5.41) is 5.04. The fourth-order valence-electron chi connectivity index (χ4n) is 3.33. The van der Waals surface area contributed by atoms with E-state index in [2.05, 4.69) is 28.0 Å². The highest BCUT2D eigenvalue weighted by Crippen LogP contribution is 2.17. The van der Waals surface area contributed by atoms with Gasteiger partial charge in [0.1, 0.15) is 18.2 Å². The van der Waals surface area contributed by atoms with Gasteiger partial charge >= 0.3 is 0 Å². The lowest BCUT2D eigenvalue weighted by atomic mass is 10.2. The van der Waals surface area contributed by atoms with E-state index >= 15 is 0 Å². The van der Waals surface area contributed by atoms with Gasteiger partial charge in [0, 0.05) is 10.9 Å². The predicted molar refractivity (Wildman–Crippen MR) is 133 cm³/mol. The number of halogens is 1. The second-order valence-electron chi connectivity index (χ2n) is 7.50. The van der Waals surface area contributed by atoms with Crippen molar-refractivity contribution in [2.24, 2.45) is 5.10 Å². The zero-order valence-corrected chi connectivity index (χ0v) is 19.5. The van der Waals surface area contributed by atoms with Gasteiger partial charge in [-0.25, -0.2) is 4.98 Å². The first-order chi connectivity index (χ1) is 15.6. The highest BCUT2D eigenvalue weighted by atomic mass is 79.9. The first kappa shape index (κ1) is 22.0. The van der Waals surface area contributed by atoms with E-state index in [-0.39, 0.29) is 5.56 Å². The number of fused-ring (bicyclic) bond motifs is 1.